The number of nitrogens with zero attached hydrogens (tertiary/aromatic N) is 2. The maximum Gasteiger partial charge on any atom is 0.225 e. The van der Waals surface area contributed by atoms with Crippen LogP contribution >= 0.6 is 23.1 Å². The zero-order valence-electron chi connectivity index (χ0n) is 12.1. The third kappa shape index (κ3) is 2.93. The first kappa shape index (κ1) is 14.1. The largest absolute Gasteiger partial charge is 0.354 e. The molecule has 0 bridgehead atoms. The molecule has 108 valence electrons. The fraction of sp³-hybridized carbons (Fsp3) is 0.600. The molecule has 1 aliphatic carbocycles. The first-order chi connectivity index (χ1) is 9.80. The van der Waals surface area contributed by atoms with Gasteiger partial charge in [0, 0.05) is 22.1 Å². The van der Waals surface area contributed by atoms with Crippen molar-refractivity contribution in [1.82, 2.24) is 9.97 Å². The van der Waals surface area contributed by atoms with Gasteiger partial charge >= 0.3 is 0 Å². The lowest BCUT2D eigenvalue weighted by Gasteiger charge is -2.10. The molecule has 3 nitrogen and oxygen atoms in total. The van der Waals surface area contributed by atoms with E-state index in [-0.39, 0.29) is 0 Å². The molecule has 3 rings (SSSR count). The normalized spacial score (nSPS) is 16.1. The molecule has 0 aliphatic heterocycles. The molecule has 0 atom stereocenters. The number of thioether (sulfide) groups is 1. The van der Waals surface area contributed by atoms with Gasteiger partial charge in [-0.2, -0.15) is 0 Å². The zero-order valence-corrected chi connectivity index (χ0v) is 13.7. The molecule has 5 heteroatoms. The number of hydrogen-bond acceptors (Lipinski definition) is 5. The number of thiophene rings is 1. The summed E-state index contributed by atoms with van der Waals surface area (Å²) in [5.74, 6) is 0.782. The van der Waals surface area contributed by atoms with E-state index in [1.807, 2.05) is 11.8 Å². The van der Waals surface area contributed by atoms with E-state index in [2.05, 4.69) is 30.2 Å². The number of fused-ring (bicyclic) bond motifs is 1. The fourth-order valence-electron chi connectivity index (χ4n) is 2.61. The average Bonchev–Trinajstić information content (AvgIpc) is 3.07. The summed E-state index contributed by atoms with van der Waals surface area (Å²) >= 11 is 3.77. The first-order valence-corrected chi connectivity index (χ1v) is 9.20. The molecule has 0 saturated heterocycles. The molecule has 0 spiro atoms. The van der Waals surface area contributed by atoms with Gasteiger partial charge in [-0.05, 0) is 32.3 Å². The standard InChI is InChI=1S/C15H21N3S2/c1-3-10-9-12-13(19-10)17-15(16-4-2)18-14(12)20-11-7-5-6-8-11/h9,11H,3-8H2,1-2H3,(H,16,17,18). The summed E-state index contributed by atoms with van der Waals surface area (Å²) in [6.45, 7) is 5.15. The van der Waals surface area contributed by atoms with Crippen LogP contribution in [0.2, 0.25) is 0 Å². The number of hydrogen-bond donors (Lipinski definition) is 1. The average molecular weight is 307 g/mol. The van der Waals surface area contributed by atoms with Crippen LogP contribution in [0.25, 0.3) is 10.2 Å². The van der Waals surface area contributed by atoms with Gasteiger partial charge in [0.05, 0.1) is 0 Å². The molecule has 0 amide bonds. The minimum absolute atomic E-state index is 0.743. The molecule has 20 heavy (non-hydrogen) atoms. The van der Waals surface area contributed by atoms with Crippen molar-refractivity contribution in [1.29, 1.82) is 0 Å². The van der Waals surface area contributed by atoms with Crippen molar-refractivity contribution in [3.05, 3.63) is 10.9 Å². The highest BCUT2D eigenvalue weighted by Crippen LogP contribution is 2.39. The third-order valence-corrected chi connectivity index (χ3v) is 6.19. The predicted molar refractivity (Wildman–Crippen MR) is 89.1 cm³/mol. The Balaban J connectivity index is 1.98. The van der Waals surface area contributed by atoms with Crippen LogP contribution in [-0.2, 0) is 6.42 Å². The van der Waals surface area contributed by atoms with Crippen LogP contribution in [-0.4, -0.2) is 21.8 Å². The Hall–Kier alpha value is -0.810. The Morgan fingerprint density at radius 1 is 1.30 bits per heavy atom. The van der Waals surface area contributed by atoms with Crippen LogP contribution < -0.4 is 5.32 Å². The Morgan fingerprint density at radius 2 is 2.10 bits per heavy atom. The van der Waals surface area contributed by atoms with E-state index in [0.717, 1.165) is 29.0 Å². The molecule has 1 aliphatic rings. The van der Waals surface area contributed by atoms with E-state index >= 15 is 0 Å². The lowest BCUT2D eigenvalue weighted by Crippen LogP contribution is -2.03. The number of aryl methyl sites for hydroxylation is 1. The van der Waals surface area contributed by atoms with Gasteiger partial charge in [0.15, 0.2) is 0 Å². The minimum atomic E-state index is 0.743. The number of aromatic nitrogens is 2. The van der Waals surface area contributed by atoms with Crippen LogP contribution in [0.5, 0.6) is 0 Å². The van der Waals surface area contributed by atoms with Crippen LogP contribution in [0.1, 0.15) is 44.4 Å². The molecule has 2 aromatic heterocycles. The Bertz CT molecular complexity index is 588. The van der Waals surface area contributed by atoms with Gasteiger partial charge in [-0.3, -0.25) is 0 Å². The molecule has 0 aromatic carbocycles. The molecule has 1 fully saturated rings. The SMILES string of the molecule is CCNc1nc(SC2CCCC2)c2cc(CC)sc2n1. The highest BCUT2D eigenvalue weighted by Gasteiger charge is 2.20. The van der Waals surface area contributed by atoms with Gasteiger partial charge in [-0.1, -0.05) is 19.8 Å². The van der Waals surface area contributed by atoms with Gasteiger partial charge in [0.1, 0.15) is 9.86 Å². The van der Waals surface area contributed by atoms with Crippen LogP contribution in [0.3, 0.4) is 0 Å². The minimum Gasteiger partial charge on any atom is -0.354 e. The summed E-state index contributed by atoms with van der Waals surface area (Å²) in [6, 6.07) is 2.28. The van der Waals surface area contributed by atoms with Crippen LogP contribution in [0.4, 0.5) is 5.95 Å². The second-order valence-corrected chi connectivity index (χ2v) is 7.60. The van der Waals surface area contributed by atoms with Crippen molar-refractivity contribution in [2.45, 2.75) is 56.2 Å². The molecule has 2 aromatic rings. The molecular formula is C15H21N3S2. The molecule has 1 N–H and O–H groups in total. The van der Waals surface area contributed by atoms with Gasteiger partial charge in [0.25, 0.3) is 0 Å². The highest BCUT2D eigenvalue weighted by molar-refractivity contribution is 8.00. The Labute approximate surface area is 128 Å². The summed E-state index contributed by atoms with van der Waals surface area (Å²) < 4.78 is 0. The van der Waals surface area contributed by atoms with Crippen LogP contribution in [0, 0.1) is 0 Å². The molecule has 1 saturated carbocycles. The molecule has 0 radical (unpaired) electrons. The summed E-state index contributed by atoms with van der Waals surface area (Å²) in [6.07, 6.45) is 6.48. The van der Waals surface area contributed by atoms with E-state index in [9.17, 15) is 0 Å². The van der Waals surface area contributed by atoms with E-state index in [0.29, 0.717) is 0 Å². The second kappa shape index (κ2) is 6.31. The molecular weight excluding hydrogens is 286 g/mol. The quantitative estimate of drug-likeness (QED) is 0.811. The van der Waals surface area contributed by atoms with Gasteiger partial charge in [-0.15, -0.1) is 23.1 Å². The van der Waals surface area contributed by atoms with Crippen molar-refractivity contribution >= 4 is 39.3 Å². The highest BCUT2D eigenvalue weighted by atomic mass is 32.2. The van der Waals surface area contributed by atoms with Crippen molar-refractivity contribution in [3.63, 3.8) is 0 Å². The Morgan fingerprint density at radius 3 is 2.80 bits per heavy atom. The zero-order chi connectivity index (χ0) is 13.9. The third-order valence-electron chi connectivity index (χ3n) is 3.67. The second-order valence-electron chi connectivity index (χ2n) is 5.19. The fourth-order valence-corrected chi connectivity index (χ4v) is 4.95. The van der Waals surface area contributed by atoms with Gasteiger partial charge in [-0.25, -0.2) is 9.97 Å². The van der Waals surface area contributed by atoms with Crippen molar-refractivity contribution in [3.8, 4) is 0 Å². The summed E-state index contributed by atoms with van der Waals surface area (Å²) in [4.78, 5) is 11.9. The summed E-state index contributed by atoms with van der Waals surface area (Å²) in [5.41, 5.74) is 0. The lowest BCUT2D eigenvalue weighted by atomic mass is 10.3. The van der Waals surface area contributed by atoms with Crippen LogP contribution in [0.15, 0.2) is 11.1 Å². The van der Waals surface area contributed by atoms with E-state index < -0.39 is 0 Å². The van der Waals surface area contributed by atoms with E-state index in [4.69, 9.17) is 4.98 Å². The van der Waals surface area contributed by atoms with E-state index in [1.165, 1.54) is 41.0 Å². The van der Waals surface area contributed by atoms with Gasteiger partial charge in [0.2, 0.25) is 5.95 Å². The summed E-state index contributed by atoms with van der Waals surface area (Å²) in [5, 5.41) is 6.44. The predicted octanol–water partition coefficient (Wildman–Crippen LogP) is 4.72. The summed E-state index contributed by atoms with van der Waals surface area (Å²) in [7, 11) is 0. The number of nitrogens with one attached hydrogen (secondary N) is 1. The van der Waals surface area contributed by atoms with Gasteiger partial charge < -0.3 is 5.32 Å². The monoisotopic (exact) mass is 307 g/mol. The molecule has 0 unspecified atom stereocenters. The lowest BCUT2D eigenvalue weighted by molar-refractivity contribution is 0.886. The van der Waals surface area contributed by atoms with E-state index in [1.54, 1.807) is 11.3 Å². The van der Waals surface area contributed by atoms with Crippen molar-refractivity contribution in [2.75, 3.05) is 11.9 Å². The topological polar surface area (TPSA) is 37.8 Å². The maximum atomic E-state index is 4.75. The number of rotatable bonds is 5. The number of anilines is 1. The first-order valence-electron chi connectivity index (χ1n) is 7.51. The maximum absolute atomic E-state index is 4.75. The van der Waals surface area contributed by atoms with Crippen molar-refractivity contribution in [2.24, 2.45) is 0 Å². The smallest absolute Gasteiger partial charge is 0.225 e. The van der Waals surface area contributed by atoms with Crippen molar-refractivity contribution < 1.29 is 0 Å². The Kier molecular flexibility index (Phi) is 4.46. The molecule has 2 heterocycles.